The van der Waals surface area contributed by atoms with E-state index in [1.807, 2.05) is 0 Å². The lowest BCUT2D eigenvalue weighted by molar-refractivity contribution is -0.137. The second kappa shape index (κ2) is 7.97. The van der Waals surface area contributed by atoms with Gasteiger partial charge in [0, 0.05) is 18.5 Å². The van der Waals surface area contributed by atoms with Crippen molar-refractivity contribution in [1.29, 1.82) is 0 Å². The number of amides is 1. The van der Waals surface area contributed by atoms with Crippen LogP contribution in [-0.2, 0) is 9.59 Å². The fourth-order valence-electron chi connectivity index (χ4n) is 1.44. The molecule has 1 unspecified atom stereocenters. The molecule has 7 heteroatoms. The van der Waals surface area contributed by atoms with Crippen LogP contribution in [0.25, 0.3) is 0 Å². The van der Waals surface area contributed by atoms with Crippen molar-refractivity contribution in [2.24, 2.45) is 0 Å². The Morgan fingerprint density at radius 1 is 1.35 bits per heavy atom. The number of ether oxygens (including phenoxy) is 1. The Hall–Kier alpha value is -1.46. The molecule has 1 aromatic carbocycles. The third-order valence-corrected chi connectivity index (χ3v) is 3.20. The van der Waals surface area contributed by atoms with E-state index >= 15 is 0 Å². The number of carboxylic acids is 1. The van der Waals surface area contributed by atoms with Crippen LogP contribution in [0.5, 0.6) is 5.75 Å². The summed E-state index contributed by atoms with van der Waals surface area (Å²) in [6, 6.07) is 4.48. The first kappa shape index (κ1) is 16.6. The minimum atomic E-state index is -0.891. The van der Waals surface area contributed by atoms with Crippen LogP contribution in [-0.4, -0.2) is 29.6 Å². The standard InChI is InChI=1S/C13H15Cl2NO4/c1-8(2-5-13(18)19)16-12(17)7-20-9-3-4-10(14)11(15)6-9/h3-4,6,8H,2,5,7H2,1H3,(H,16,17)(H,18,19). The van der Waals surface area contributed by atoms with Crippen LogP contribution in [0.15, 0.2) is 18.2 Å². The van der Waals surface area contributed by atoms with E-state index in [1.54, 1.807) is 19.1 Å². The third-order valence-electron chi connectivity index (χ3n) is 2.46. The Labute approximate surface area is 126 Å². The van der Waals surface area contributed by atoms with Crippen LogP contribution in [0.2, 0.25) is 10.0 Å². The lowest BCUT2D eigenvalue weighted by Gasteiger charge is -2.13. The summed E-state index contributed by atoms with van der Waals surface area (Å²) in [4.78, 5) is 22.0. The number of hydrogen-bond acceptors (Lipinski definition) is 3. The highest BCUT2D eigenvalue weighted by Crippen LogP contribution is 2.26. The van der Waals surface area contributed by atoms with Gasteiger partial charge in [-0.25, -0.2) is 0 Å². The predicted octanol–water partition coefficient (Wildman–Crippen LogP) is 2.74. The van der Waals surface area contributed by atoms with E-state index in [0.29, 0.717) is 22.2 Å². The molecular formula is C13H15Cl2NO4. The maximum absolute atomic E-state index is 11.6. The molecule has 0 spiro atoms. The molecule has 0 bridgehead atoms. The van der Waals surface area contributed by atoms with E-state index in [9.17, 15) is 9.59 Å². The Balaban J connectivity index is 2.35. The Morgan fingerprint density at radius 3 is 2.65 bits per heavy atom. The molecule has 1 atom stereocenters. The smallest absolute Gasteiger partial charge is 0.303 e. The number of carbonyl (C=O) groups is 2. The molecule has 0 aliphatic rings. The van der Waals surface area contributed by atoms with Crippen LogP contribution >= 0.6 is 23.2 Å². The highest BCUT2D eigenvalue weighted by atomic mass is 35.5. The summed E-state index contributed by atoms with van der Waals surface area (Å²) in [5.74, 6) is -0.778. The van der Waals surface area contributed by atoms with E-state index in [4.69, 9.17) is 33.0 Å². The van der Waals surface area contributed by atoms with E-state index in [0.717, 1.165) is 0 Å². The van der Waals surface area contributed by atoms with Gasteiger partial charge in [0.25, 0.3) is 5.91 Å². The van der Waals surface area contributed by atoms with Crippen molar-refractivity contribution < 1.29 is 19.4 Å². The first-order chi connectivity index (χ1) is 9.38. The van der Waals surface area contributed by atoms with E-state index in [1.165, 1.54) is 6.07 Å². The summed E-state index contributed by atoms with van der Waals surface area (Å²) in [7, 11) is 0. The van der Waals surface area contributed by atoms with Gasteiger partial charge < -0.3 is 15.2 Å². The first-order valence-corrected chi connectivity index (χ1v) is 6.73. The van der Waals surface area contributed by atoms with Crippen molar-refractivity contribution in [3.63, 3.8) is 0 Å². The van der Waals surface area contributed by atoms with Crippen LogP contribution in [0.3, 0.4) is 0 Å². The van der Waals surface area contributed by atoms with E-state index < -0.39 is 5.97 Å². The van der Waals surface area contributed by atoms with Gasteiger partial charge in [-0.15, -0.1) is 0 Å². The molecule has 0 heterocycles. The van der Waals surface area contributed by atoms with Gasteiger partial charge >= 0.3 is 5.97 Å². The molecule has 5 nitrogen and oxygen atoms in total. The summed E-state index contributed by atoms with van der Waals surface area (Å²) in [5.41, 5.74) is 0. The average molecular weight is 320 g/mol. The Morgan fingerprint density at radius 2 is 2.05 bits per heavy atom. The molecule has 1 rings (SSSR count). The minimum Gasteiger partial charge on any atom is -0.484 e. The third kappa shape index (κ3) is 6.12. The van der Waals surface area contributed by atoms with Gasteiger partial charge in [-0.3, -0.25) is 9.59 Å². The molecule has 110 valence electrons. The van der Waals surface area contributed by atoms with Gasteiger partial charge in [0.15, 0.2) is 6.61 Å². The second-order valence-electron chi connectivity index (χ2n) is 4.27. The summed E-state index contributed by atoms with van der Waals surface area (Å²) < 4.78 is 5.26. The lowest BCUT2D eigenvalue weighted by Crippen LogP contribution is -2.36. The minimum absolute atomic E-state index is 0.00902. The number of rotatable bonds is 7. The zero-order chi connectivity index (χ0) is 15.1. The fourth-order valence-corrected chi connectivity index (χ4v) is 1.73. The Bertz CT molecular complexity index is 493. The molecule has 0 aliphatic carbocycles. The molecule has 1 amide bonds. The SMILES string of the molecule is CC(CCC(=O)O)NC(=O)COc1ccc(Cl)c(Cl)c1. The number of hydrogen-bond donors (Lipinski definition) is 2. The second-order valence-corrected chi connectivity index (χ2v) is 5.08. The topological polar surface area (TPSA) is 75.6 Å². The molecule has 1 aromatic rings. The zero-order valence-electron chi connectivity index (χ0n) is 10.9. The quantitative estimate of drug-likeness (QED) is 0.810. The number of aliphatic carboxylic acids is 1. The van der Waals surface area contributed by atoms with Gasteiger partial charge in [-0.2, -0.15) is 0 Å². The predicted molar refractivity (Wildman–Crippen MR) is 76.4 cm³/mol. The van der Waals surface area contributed by atoms with Crippen molar-refractivity contribution >= 4 is 35.1 Å². The number of nitrogens with one attached hydrogen (secondary N) is 1. The van der Waals surface area contributed by atoms with Crippen LogP contribution < -0.4 is 10.1 Å². The van der Waals surface area contributed by atoms with Crippen LogP contribution in [0.1, 0.15) is 19.8 Å². The van der Waals surface area contributed by atoms with Crippen molar-refractivity contribution in [2.75, 3.05) is 6.61 Å². The lowest BCUT2D eigenvalue weighted by atomic mass is 10.2. The summed E-state index contributed by atoms with van der Waals surface area (Å²) in [5, 5.41) is 11.9. The molecule has 0 saturated carbocycles. The summed E-state index contributed by atoms with van der Waals surface area (Å²) >= 11 is 11.6. The van der Waals surface area contributed by atoms with E-state index in [2.05, 4.69) is 5.32 Å². The zero-order valence-corrected chi connectivity index (χ0v) is 12.4. The monoisotopic (exact) mass is 319 g/mol. The highest BCUT2D eigenvalue weighted by molar-refractivity contribution is 6.42. The molecule has 0 aliphatic heterocycles. The average Bonchev–Trinajstić information content (AvgIpc) is 2.38. The van der Waals surface area contributed by atoms with Gasteiger partial charge in [0.1, 0.15) is 5.75 Å². The maximum Gasteiger partial charge on any atom is 0.303 e. The molecule has 0 saturated heterocycles. The largest absolute Gasteiger partial charge is 0.484 e. The summed E-state index contributed by atoms with van der Waals surface area (Å²) in [6.07, 6.45) is 0.378. The molecule has 0 radical (unpaired) electrons. The van der Waals surface area contributed by atoms with Gasteiger partial charge in [-0.05, 0) is 25.5 Å². The first-order valence-electron chi connectivity index (χ1n) is 5.97. The maximum atomic E-state index is 11.6. The normalized spacial score (nSPS) is 11.8. The molecule has 0 aromatic heterocycles. The van der Waals surface area contributed by atoms with Crippen molar-refractivity contribution in [2.45, 2.75) is 25.8 Å². The number of halogens is 2. The number of carboxylic acid groups (broad SMARTS) is 1. The Kier molecular flexibility index (Phi) is 6.61. The van der Waals surface area contributed by atoms with Crippen molar-refractivity contribution in [3.05, 3.63) is 28.2 Å². The number of carbonyl (C=O) groups excluding carboxylic acids is 1. The van der Waals surface area contributed by atoms with Crippen molar-refractivity contribution in [1.82, 2.24) is 5.32 Å². The van der Waals surface area contributed by atoms with Crippen LogP contribution in [0, 0.1) is 0 Å². The van der Waals surface area contributed by atoms with Crippen LogP contribution in [0.4, 0.5) is 0 Å². The van der Waals surface area contributed by atoms with E-state index in [-0.39, 0.29) is 25.0 Å². The molecular weight excluding hydrogens is 305 g/mol. The van der Waals surface area contributed by atoms with Gasteiger partial charge in [0.05, 0.1) is 10.0 Å². The van der Waals surface area contributed by atoms with Gasteiger partial charge in [0.2, 0.25) is 0 Å². The molecule has 2 N–H and O–H groups in total. The molecule has 20 heavy (non-hydrogen) atoms. The highest BCUT2D eigenvalue weighted by Gasteiger charge is 2.10. The van der Waals surface area contributed by atoms with Gasteiger partial charge in [-0.1, -0.05) is 23.2 Å². The summed E-state index contributed by atoms with van der Waals surface area (Å²) in [6.45, 7) is 1.56. The number of benzene rings is 1. The molecule has 0 fully saturated rings. The fraction of sp³-hybridized carbons (Fsp3) is 0.385. The van der Waals surface area contributed by atoms with Crippen molar-refractivity contribution in [3.8, 4) is 5.75 Å².